The number of nitrogens with zero attached hydrogens (tertiary/aromatic N) is 2. The zero-order chi connectivity index (χ0) is 17.6. The fourth-order valence-electron chi connectivity index (χ4n) is 2.53. The van der Waals surface area contributed by atoms with Gasteiger partial charge in [-0.15, -0.1) is 0 Å². The summed E-state index contributed by atoms with van der Waals surface area (Å²) in [6, 6.07) is 14.5. The molecular weight excluding hydrogens is 335 g/mol. The van der Waals surface area contributed by atoms with E-state index in [0.717, 1.165) is 23.4 Å². The third-order valence-electron chi connectivity index (χ3n) is 3.80. The van der Waals surface area contributed by atoms with Crippen molar-refractivity contribution >= 4 is 28.7 Å². The lowest BCUT2D eigenvalue weighted by Crippen LogP contribution is -2.19. The van der Waals surface area contributed by atoms with Crippen LogP contribution in [0.5, 0.6) is 0 Å². The van der Waals surface area contributed by atoms with E-state index in [-0.39, 0.29) is 5.82 Å². The maximum Gasteiger partial charge on any atom is 0.175 e. The molecular formula is C19H19FN4S. The molecule has 6 heteroatoms. The Balaban J connectivity index is 1.61. The molecule has 3 aromatic rings. The topological polar surface area (TPSA) is 41.9 Å². The van der Waals surface area contributed by atoms with Crippen LogP contribution in [0.25, 0.3) is 0 Å². The first kappa shape index (κ1) is 17.1. The summed E-state index contributed by atoms with van der Waals surface area (Å²) in [6.07, 6.45) is 4.51. The smallest absolute Gasteiger partial charge is 0.175 e. The monoisotopic (exact) mass is 354 g/mol. The summed E-state index contributed by atoms with van der Waals surface area (Å²) in [5, 5.41) is 11.2. The molecule has 25 heavy (non-hydrogen) atoms. The fourth-order valence-corrected chi connectivity index (χ4v) is 2.75. The van der Waals surface area contributed by atoms with Gasteiger partial charge in [-0.1, -0.05) is 37.3 Å². The van der Waals surface area contributed by atoms with Gasteiger partial charge in [0.1, 0.15) is 5.82 Å². The van der Waals surface area contributed by atoms with E-state index in [1.54, 1.807) is 23.0 Å². The van der Waals surface area contributed by atoms with Crippen molar-refractivity contribution in [3.63, 3.8) is 0 Å². The average molecular weight is 354 g/mol. The summed E-state index contributed by atoms with van der Waals surface area (Å²) in [5.74, 6) is -0.240. The standard InChI is InChI=1S/C19H19FN4S/c1-2-15-5-3-4-6-18(15)23-19(25)22-17-11-21-24(13-17)12-14-7-9-16(20)10-8-14/h3-11,13H,2,12H2,1H3,(H2,22,23,25). The summed E-state index contributed by atoms with van der Waals surface area (Å²) in [7, 11) is 0. The molecule has 0 bridgehead atoms. The molecule has 3 rings (SSSR count). The van der Waals surface area contributed by atoms with Crippen LogP contribution in [0.2, 0.25) is 0 Å². The van der Waals surface area contributed by atoms with Crippen molar-refractivity contribution in [2.75, 3.05) is 10.6 Å². The third-order valence-corrected chi connectivity index (χ3v) is 4.00. The van der Waals surface area contributed by atoms with Crippen LogP contribution in [0.4, 0.5) is 15.8 Å². The number of rotatable bonds is 5. The molecule has 0 aliphatic heterocycles. The first-order chi connectivity index (χ1) is 12.1. The molecule has 0 saturated heterocycles. The van der Waals surface area contributed by atoms with Gasteiger partial charge in [0.05, 0.1) is 18.4 Å². The highest BCUT2D eigenvalue weighted by Crippen LogP contribution is 2.16. The lowest BCUT2D eigenvalue weighted by molar-refractivity contribution is 0.624. The quantitative estimate of drug-likeness (QED) is 0.665. The van der Waals surface area contributed by atoms with Crippen LogP contribution in [-0.2, 0) is 13.0 Å². The van der Waals surface area contributed by atoms with Gasteiger partial charge in [0.15, 0.2) is 5.11 Å². The Morgan fingerprint density at radius 1 is 1.12 bits per heavy atom. The second kappa shape index (κ2) is 7.90. The van der Waals surface area contributed by atoms with Crippen molar-refractivity contribution in [2.45, 2.75) is 19.9 Å². The van der Waals surface area contributed by atoms with Crippen molar-refractivity contribution in [1.29, 1.82) is 0 Å². The normalized spacial score (nSPS) is 10.5. The van der Waals surface area contributed by atoms with E-state index in [0.29, 0.717) is 11.7 Å². The first-order valence-corrected chi connectivity index (χ1v) is 8.47. The first-order valence-electron chi connectivity index (χ1n) is 8.07. The van der Waals surface area contributed by atoms with Crippen molar-refractivity contribution in [3.8, 4) is 0 Å². The molecule has 0 radical (unpaired) electrons. The molecule has 0 unspecified atom stereocenters. The molecule has 0 spiro atoms. The van der Waals surface area contributed by atoms with E-state index < -0.39 is 0 Å². The molecule has 1 aromatic heterocycles. The second-order valence-corrected chi connectivity index (χ2v) is 6.05. The summed E-state index contributed by atoms with van der Waals surface area (Å²) >= 11 is 5.38. The number of benzene rings is 2. The Morgan fingerprint density at radius 3 is 2.64 bits per heavy atom. The molecule has 0 aliphatic rings. The van der Waals surface area contributed by atoms with E-state index in [2.05, 4.69) is 28.7 Å². The van der Waals surface area contributed by atoms with E-state index >= 15 is 0 Å². The highest BCUT2D eigenvalue weighted by Gasteiger charge is 2.05. The van der Waals surface area contributed by atoms with E-state index in [9.17, 15) is 4.39 Å². The minimum absolute atomic E-state index is 0.240. The van der Waals surface area contributed by atoms with Gasteiger partial charge in [-0.05, 0) is 48.0 Å². The number of anilines is 2. The highest BCUT2D eigenvalue weighted by atomic mass is 32.1. The number of aryl methyl sites for hydroxylation is 1. The van der Waals surface area contributed by atoms with Crippen molar-refractivity contribution < 1.29 is 4.39 Å². The summed E-state index contributed by atoms with van der Waals surface area (Å²) < 4.78 is 14.7. The molecule has 0 aliphatic carbocycles. The van der Waals surface area contributed by atoms with Crippen LogP contribution in [-0.4, -0.2) is 14.9 Å². The molecule has 2 aromatic carbocycles. The molecule has 0 atom stereocenters. The average Bonchev–Trinajstić information content (AvgIpc) is 3.04. The lowest BCUT2D eigenvalue weighted by atomic mass is 10.1. The second-order valence-electron chi connectivity index (χ2n) is 5.64. The zero-order valence-corrected chi connectivity index (χ0v) is 14.7. The highest BCUT2D eigenvalue weighted by molar-refractivity contribution is 7.80. The van der Waals surface area contributed by atoms with Gasteiger partial charge in [0.25, 0.3) is 0 Å². The molecule has 4 nitrogen and oxygen atoms in total. The van der Waals surface area contributed by atoms with Gasteiger partial charge in [0, 0.05) is 11.9 Å². The van der Waals surface area contributed by atoms with Gasteiger partial charge in [-0.2, -0.15) is 5.10 Å². The van der Waals surface area contributed by atoms with Gasteiger partial charge < -0.3 is 10.6 Å². The van der Waals surface area contributed by atoms with Crippen molar-refractivity contribution in [2.24, 2.45) is 0 Å². The van der Waals surface area contributed by atoms with E-state index in [1.165, 1.54) is 17.7 Å². The predicted octanol–water partition coefficient (Wildman–Crippen LogP) is 4.44. The van der Waals surface area contributed by atoms with E-state index in [1.807, 2.05) is 24.4 Å². The number of halogens is 1. The summed E-state index contributed by atoms with van der Waals surface area (Å²) in [4.78, 5) is 0. The van der Waals surface area contributed by atoms with Gasteiger partial charge in [-0.3, -0.25) is 4.68 Å². The molecule has 1 heterocycles. The van der Waals surface area contributed by atoms with Crippen LogP contribution in [0.15, 0.2) is 60.9 Å². The zero-order valence-electron chi connectivity index (χ0n) is 13.9. The van der Waals surface area contributed by atoms with Crippen LogP contribution in [0.1, 0.15) is 18.1 Å². The summed E-state index contributed by atoms with van der Waals surface area (Å²) in [6.45, 7) is 2.68. The Hall–Kier alpha value is -2.73. The van der Waals surface area contributed by atoms with E-state index in [4.69, 9.17) is 12.2 Å². The van der Waals surface area contributed by atoms with Crippen LogP contribution in [0, 0.1) is 5.82 Å². The van der Waals surface area contributed by atoms with Crippen molar-refractivity contribution in [3.05, 3.63) is 77.9 Å². The molecule has 0 saturated carbocycles. The third kappa shape index (κ3) is 4.64. The molecule has 2 N–H and O–H groups in total. The number of para-hydroxylation sites is 1. The number of nitrogens with one attached hydrogen (secondary N) is 2. The molecule has 0 fully saturated rings. The van der Waals surface area contributed by atoms with Crippen LogP contribution < -0.4 is 10.6 Å². The predicted molar refractivity (Wildman–Crippen MR) is 103 cm³/mol. The number of thiocarbonyl (C=S) groups is 1. The van der Waals surface area contributed by atoms with Gasteiger partial charge in [-0.25, -0.2) is 4.39 Å². The Morgan fingerprint density at radius 2 is 1.88 bits per heavy atom. The largest absolute Gasteiger partial charge is 0.332 e. The maximum absolute atomic E-state index is 13.0. The number of hydrogen-bond acceptors (Lipinski definition) is 2. The minimum atomic E-state index is -0.240. The van der Waals surface area contributed by atoms with Gasteiger partial charge >= 0.3 is 0 Å². The molecule has 128 valence electrons. The van der Waals surface area contributed by atoms with Crippen LogP contribution in [0.3, 0.4) is 0 Å². The van der Waals surface area contributed by atoms with Gasteiger partial charge in [0.2, 0.25) is 0 Å². The number of hydrogen-bond donors (Lipinski definition) is 2. The lowest BCUT2D eigenvalue weighted by Gasteiger charge is -2.12. The molecule has 0 amide bonds. The minimum Gasteiger partial charge on any atom is -0.332 e. The Kier molecular flexibility index (Phi) is 5.40. The fraction of sp³-hybridized carbons (Fsp3) is 0.158. The Bertz CT molecular complexity index is 858. The summed E-state index contributed by atoms with van der Waals surface area (Å²) in [5.41, 5.74) is 3.99. The Labute approximate surface area is 151 Å². The maximum atomic E-state index is 13.0. The SMILES string of the molecule is CCc1ccccc1NC(=S)Nc1cnn(Cc2ccc(F)cc2)c1. The van der Waals surface area contributed by atoms with Crippen molar-refractivity contribution in [1.82, 2.24) is 9.78 Å². The van der Waals surface area contributed by atoms with Crippen LogP contribution >= 0.6 is 12.2 Å². The number of aromatic nitrogens is 2.